The molecule has 0 aliphatic carbocycles. The molecule has 10 heteroatoms. The molecule has 2 aromatic heterocycles. The van der Waals surface area contributed by atoms with Gasteiger partial charge in [0, 0.05) is 42.5 Å². The number of rotatable bonds is 4. The number of halogens is 4. The Morgan fingerprint density at radius 2 is 1.83 bits per heavy atom. The van der Waals surface area contributed by atoms with Crippen LogP contribution in [0.1, 0.15) is 29.9 Å². The Morgan fingerprint density at radius 1 is 1.14 bits per heavy atom. The Bertz CT molecular complexity index is 994. The molecule has 4 rings (SSSR count). The van der Waals surface area contributed by atoms with Crippen molar-refractivity contribution in [2.24, 2.45) is 0 Å². The molecule has 3 aromatic rings. The number of likely N-dealkylation sites (tertiary alicyclic amines) is 1. The van der Waals surface area contributed by atoms with Crippen LogP contribution in [0.4, 0.5) is 19.0 Å². The van der Waals surface area contributed by atoms with Crippen molar-refractivity contribution in [1.82, 2.24) is 24.5 Å². The highest BCUT2D eigenvalue weighted by atomic mass is 35.5. The molecule has 1 aromatic carbocycles. The fraction of sp³-hybridized carbons (Fsp3) is 0.421. The molecule has 0 amide bonds. The maximum absolute atomic E-state index is 13.0. The average molecular weight is 425 g/mol. The van der Waals surface area contributed by atoms with Crippen LogP contribution in [0.2, 0.25) is 5.02 Å². The molecular formula is C19H20ClF3N6. The summed E-state index contributed by atoms with van der Waals surface area (Å²) in [6.45, 7) is 4.35. The Labute approximate surface area is 170 Å². The molecule has 3 heterocycles. The van der Waals surface area contributed by atoms with E-state index in [1.165, 1.54) is 5.56 Å². The number of alkyl halides is 3. The molecule has 0 unspecified atom stereocenters. The number of aromatic nitrogens is 4. The molecule has 0 spiro atoms. The van der Waals surface area contributed by atoms with Crippen molar-refractivity contribution in [3.05, 3.63) is 52.4 Å². The summed E-state index contributed by atoms with van der Waals surface area (Å²) in [6.07, 6.45) is -2.86. The molecule has 1 aliphatic heterocycles. The van der Waals surface area contributed by atoms with Crippen LogP contribution in [0.15, 0.2) is 30.3 Å². The van der Waals surface area contributed by atoms with Crippen LogP contribution in [-0.2, 0) is 12.7 Å². The number of piperidine rings is 1. The highest BCUT2D eigenvalue weighted by Crippen LogP contribution is 2.27. The van der Waals surface area contributed by atoms with E-state index in [1.54, 1.807) is 13.0 Å². The van der Waals surface area contributed by atoms with Crippen LogP contribution in [0.5, 0.6) is 0 Å². The number of hydrogen-bond acceptors (Lipinski definition) is 5. The highest BCUT2D eigenvalue weighted by Gasteiger charge is 2.37. The first-order valence-corrected chi connectivity index (χ1v) is 9.71. The van der Waals surface area contributed by atoms with Crippen molar-refractivity contribution >= 4 is 23.2 Å². The summed E-state index contributed by atoms with van der Waals surface area (Å²) in [5, 5.41) is 7.65. The second-order valence-electron chi connectivity index (χ2n) is 7.25. The second kappa shape index (κ2) is 7.79. The summed E-state index contributed by atoms with van der Waals surface area (Å²) in [5.74, 6) is -0.761. The highest BCUT2D eigenvalue weighted by molar-refractivity contribution is 6.30. The Hall–Kier alpha value is -2.39. The molecule has 0 saturated carbocycles. The Kier molecular flexibility index (Phi) is 5.35. The third kappa shape index (κ3) is 4.62. The fourth-order valence-electron chi connectivity index (χ4n) is 3.50. The minimum Gasteiger partial charge on any atom is -0.367 e. The van der Waals surface area contributed by atoms with E-state index in [0.717, 1.165) is 42.0 Å². The number of nitrogens with one attached hydrogen (secondary N) is 1. The van der Waals surface area contributed by atoms with Gasteiger partial charge in [-0.1, -0.05) is 23.7 Å². The molecule has 0 radical (unpaired) electrons. The van der Waals surface area contributed by atoms with Crippen molar-refractivity contribution in [3.63, 3.8) is 0 Å². The minimum absolute atomic E-state index is 0.0556. The van der Waals surface area contributed by atoms with Crippen molar-refractivity contribution in [2.45, 2.75) is 38.5 Å². The van der Waals surface area contributed by atoms with Crippen LogP contribution in [0.25, 0.3) is 5.78 Å². The topological polar surface area (TPSA) is 58.4 Å². The lowest BCUT2D eigenvalue weighted by atomic mass is 10.0. The average Bonchev–Trinajstić information content (AvgIpc) is 3.10. The lowest BCUT2D eigenvalue weighted by Crippen LogP contribution is -2.39. The predicted octanol–water partition coefficient (Wildman–Crippen LogP) is 4.18. The normalized spacial score (nSPS) is 16.4. The number of fused-ring (bicyclic) bond motifs is 1. The first-order valence-electron chi connectivity index (χ1n) is 9.33. The zero-order chi connectivity index (χ0) is 20.6. The summed E-state index contributed by atoms with van der Waals surface area (Å²) < 4.78 is 40.0. The Balaban J connectivity index is 1.43. The first kappa shape index (κ1) is 19.9. The zero-order valence-electron chi connectivity index (χ0n) is 15.7. The van der Waals surface area contributed by atoms with E-state index in [1.807, 2.05) is 24.3 Å². The van der Waals surface area contributed by atoms with Gasteiger partial charge in [-0.2, -0.15) is 22.7 Å². The van der Waals surface area contributed by atoms with Gasteiger partial charge >= 0.3 is 6.18 Å². The molecule has 0 atom stereocenters. The maximum atomic E-state index is 13.0. The van der Waals surface area contributed by atoms with E-state index >= 15 is 0 Å². The van der Waals surface area contributed by atoms with Crippen molar-refractivity contribution in [2.75, 3.05) is 18.4 Å². The van der Waals surface area contributed by atoms with Crippen molar-refractivity contribution in [3.8, 4) is 0 Å². The van der Waals surface area contributed by atoms with Crippen LogP contribution >= 0.6 is 11.6 Å². The molecule has 6 nitrogen and oxygen atoms in total. The molecule has 29 heavy (non-hydrogen) atoms. The van der Waals surface area contributed by atoms with Gasteiger partial charge < -0.3 is 5.32 Å². The molecular weight excluding hydrogens is 405 g/mol. The van der Waals surface area contributed by atoms with Crippen LogP contribution < -0.4 is 5.32 Å². The van der Waals surface area contributed by atoms with Gasteiger partial charge in [-0.05, 0) is 37.5 Å². The third-order valence-electron chi connectivity index (χ3n) is 4.95. The van der Waals surface area contributed by atoms with Gasteiger partial charge in [0.25, 0.3) is 11.6 Å². The van der Waals surface area contributed by atoms with Gasteiger partial charge in [0.15, 0.2) is 0 Å². The van der Waals surface area contributed by atoms with Gasteiger partial charge in [-0.25, -0.2) is 4.98 Å². The second-order valence-corrected chi connectivity index (χ2v) is 7.69. The van der Waals surface area contributed by atoms with Gasteiger partial charge in [-0.3, -0.25) is 4.90 Å². The van der Waals surface area contributed by atoms with E-state index in [2.05, 4.69) is 25.3 Å². The number of hydrogen-bond donors (Lipinski definition) is 1. The molecule has 1 saturated heterocycles. The maximum Gasteiger partial charge on any atom is 0.453 e. The van der Waals surface area contributed by atoms with Gasteiger partial charge in [0.2, 0.25) is 0 Å². The standard InChI is InChI=1S/C19H20ClF3N6/c1-12-10-16(29-18(24-12)26-17(27-29)19(21,22)23)25-15-6-8-28(9-7-15)11-13-2-4-14(20)5-3-13/h2-5,10,15,25H,6-9,11H2,1H3. The van der Waals surface area contributed by atoms with E-state index in [4.69, 9.17) is 11.6 Å². The zero-order valence-corrected chi connectivity index (χ0v) is 16.5. The van der Waals surface area contributed by atoms with E-state index in [-0.39, 0.29) is 11.8 Å². The number of aryl methyl sites for hydroxylation is 1. The molecule has 1 aliphatic rings. The SMILES string of the molecule is Cc1cc(NC2CCN(Cc3ccc(Cl)cc3)CC2)n2nc(C(F)(F)F)nc2n1. The summed E-state index contributed by atoms with van der Waals surface area (Å²) in [5.41, 5.74) is 1.79. The van der Waals surface area contributed by atoms with Gasteiger partial charge in [-0.15, -0.1) is 5.10 Å². The van der Waals surface area contributed by atoms with Gasteiger partial charge in [0.1, 0.15) is 5.82 Å². The first-order chi connectivity index (χ1) is 13.8. The number of anilines is 1. The van der Waals surface area contributed by atoms with Gasteiger partial charge in [0.05, 0.1) is 0 Å². The summed E-state index contributed by atoms with van der Waals surface area (Å²) in [6, 6.07) is 9.64. The van der Waals surface area contributed by atoms with E-state index < -0.39 is 12.0 Å². The molecule has 154 valence electrons. The lowest BCUT2D eigenvalue weighted by Gasteiger charge is -2.32. The summed E-state index contributed by atoms with van der Waals surface area (Å²) in [7, 11) is 0. The van der Waals surface area contributed by atoms with Crippen LogP contribution in [0, 0.1) is 6.92 Å². The van der Waals surface area contributed by atoms with Crippen molar-refractivity contribution in [1.29, 1.82) is 0 Å². The fourth-order valence-corrected chi connectivity index (χ4v) is 3.63. The Morgan fingerprint density at radius 3 is 2.48 bits per heavy atom. The molecule has 1 fully saturated rings. The smallest absolute Gasteiger partial charge is 0.367 e. The largest absolute Gasteiger partial charge is 0.453 e. The number of nitrogens with zero attached hydrogens (tertiary/aromatic N) is 5. The monoisotopic (exact) mass is 424 g/mol. The van der Waals surface area contributed by atoms with E-state index in [9.17, 15) is 13.2 Å². The quantitative estimate of drug-likeness (QED) is 0.680. The number of benzene rings is 1. The molecule has 1 N–H and O–H groups in total. The van der Waals surface area contributed by atoms with Crippen LogP contribution in [-0.4, -0.2) is 43.6 Å². The van der Waals surface area contributed by atoms with E-state index in [0.29, 0.717) is 11.5 Å². The minimum atomic E-state index is -4.61. The summed E-state index contributed by atoms with van der Waals surface area (Å²) in [4.78, 5) is 9.94. The summed E-state index contributed by atoms with van der Waals surface area (Å²) >= 11 is 5.93. The predicted molar refractivity (Wildman–Crippen MR) is 104 cm³/mol. The molecule has 0 bridgehead atoms. The lowest BCUT2D eigenvalue weighted by molar-refractivity contribution is -0.144. The van der Waals surface area contributed by atoms with Crippen LogP contribution in [0.3, 0.4) is 0 Å². The third-order valence-corrected chi connectivity index (χ3v) is 5.20. The van der Waals surface area contributed by atoms with Crippen molar-refractivity contribution < 1.29 is 13.2 Å².